The molecule has 2 aromatic carbocycles. The van der Waals surface area contributed by atoms with Crippen molar-refractivity contribution in [2.24, 2.45) is 16.7 Å². The molecule has 0 saturated heterocycles. The number of hydrogen-bond acceptors (Lipinski definition) is 2. The molecule has 0 spiro atoms. The quantitative estimate of drug-likeness (QED) is 0.275. The normalized spacial score (nSPS) is 25.5. The summed E-state index contributed by atoms with van der Waals surface area (Å²) < 4.78 is 2.99. The molecule has 3 aliphatic rings. The first-order valence-electron chi connectivity index (χ1n) is 12.2. The van der Waals surface area contributed by atoms with Gasteiger partial charge in [-0.3, -0.25) is 9.48 Å². The minimum Gasteiger partial charge on any atom is -0.347 e. The van der Waals surface area contributed by atoms with Gasteiger partial charge in [-0.05, 0) is 71.4 Å². The fourth-order valence-electron chi connectivity index (χ4n) is 7.07. The van der Waals surface area contributed by atoms with Crippen molar-refractivity contribution in [2.75, 3.05) is 0 Å². The van der Waals surface area contributed by atoms with E-state index in [2.05, 4.69) is 54.2 Å². The molecule has 4 nitrogen and oxygen atoms in total. The van der Waals surface area contributed by atoms with Crippen molar-refractivity contribution >= 4 is 45.0 Å². The number of fused-ring (bicyclic) bond motifs is 5. The van der Waals surface area contributed by atoms with E-state index in [0.29, 0.717) is 34.6 Å². The lowest BCUT2D eigenvalue weighted by Gasteiger charge is -2.43. The van der Waals surface area contributed by atoms with Gasteiger partial charge in [-0.1, -0.05) is 72.0 Å². The smallest absolute Gasteiger partial charge is 0.272 e. The average Bonchev–Trinajstić information content (AvgIpc) is 3.50. The van der Waals surface area contributed by atoms with E-state index in [9.17, 15) is 4.79 Å². The van der Waals surface area contributed by atoms with Crippen LogP contribution in [0.5, 0.6) is 0 Å². The van der Waals surface area contributed by atoms with Gasteiger partial charge in [-0.2, -0.15) is 5.10 Å². The molecule has 3 aliphatic carbocycles. The van der Waals surface area contributed by atoms with Gasteiger partial charge in [-0.15, -0.1) is 0 Å². The number of nitrogens with one attached hydrogen (secondary N) is 1. The molecule has 0 radical (unpaired) electrons. The number of nitrogens with zero attached hydrogens (tertiary/aromatic N) is 2. The minimum atomic E-state index is -0.0622. The van der Waals surface area contributed by atoms with Crippen LogP contribution in [0, 0.1) is 16.7 Å². The molecule has 35 heavy (non-hydrogen) atoms. The minimum absolute atomic E-state index is 0.0622. The molecular weight excluding hydrogens is 545 g/mol. The summed E-state index contributed by atoms with van der Waals surface area (Å²) in [5.41, 5.74) is 6.12. The number of amides is 1. The Bertz CT molecular complexity index is 1380. The molecule has 6 rings (SSSR count). The molecular formula is C28H28BrCl2N3O. The van der Waals surface area contributed by atoms with Crippen LogP contribution in [-0.4, -0.2) is 21.7 Å². The van der Waals surface area contributed by atoms with Crippen LogP contribution in [0.2, 0.25) is 10.0 Å². The number of aromatic nitrogens is 2. The summed E-state index contributed by atoms with van der Waals surface area (Å²) >= 11 is 16.0. The zero-order chi connectivity index (χ0) is 24.7. The molecule has 7 heteroatoms. The summed E-state index contributed by atoms with van der Waals surface area (Å²) in [6, 6.07) is 12.1. The first-order chi connectivity index (χ1) is 16.6. The fraction of sp³-hybridized carbons (Fsp3) is 0.429. The second kappa shape index (κ2) is 8.09. The molecule has 2 saturated carbocycles. The summed E-state index contributed by atoms with van der Waals surface area (Å²) in [5, 5.41) is 9.39. The Morgan fingerprint density at radius 1 is 1.17 bits per heavy atom. The summed E-state index contributed by atoms with van der Waals surface area (Å²) in [4.78, 5) is 13.8. The highest BCUT2D eigenvalue weighted by Crippen LogP contribution is 2.62. The number of carbonyl (C=O) groups excluding carboxylic acids is 1. The van der Waals surface area contributed by atoms with Crippen molar-refractivity contribution in [2.45, 2.75) is 59.0 Å². The van der Waals surface area contributed by atoms with Crippen molar-refractivity contribution < 1.29 is 4.79 Å². The van der Waals surface area contributed by atoms with E-state index in [-0.39, 0.29) is 22.8 Å². The summed E-state index contributed by atoms with van der Waals surface area (Å²) in [6.45, 7) is 7.48. The summed E-state index contributed by atoms with van der Waals surface area (Å²) in [6.07, 6.45) is 4.32. The molecule has 0 aliphatic heterocycles. The van der Waals surface area contributed by atoms with E-state index in [1.54, 1.807) is 6.07 Å². The molecule has 3 atom stereocenters. The van der Waals surface area contributed by atoms with Crippen LogP contribution in [0.3, 0.4) is 0 Å². The standard InChI is InChI=1S/C28H28BrCl2N3O/c1-27(2)17-8-9-28(3,13-17)26(27)32-25(35)23-20-12-16-11-18(29)5-6-19(16)24(20)34(33-23)14-15-4-7-21(30)22(31)10-15/h4-7,10-11,17,26H,8-9,12-14H2,1-3H3,(H,32,35). The Labute approximate surface area is 224 Å². The SMILES string of the molecule is CC12CCC(C1)C(C)(C)C2NC(=O)c1nn(Cc2ccc(Cl)c(Cl)c2)c2c1Cc1cc(Br)ccc1-2. The van der Waals surface area contributed by atoms with Crippen LogP contribution in [0.1, 0.15) is 67.2 Å². The van der Waals surface area contributed by atoms with Gasteiger partial charge < -0.3 is 5.32 Å². The number of hydrogen-bond donors (Lipinski definition) is 1. The number of halogens is 3. The third-order valence-electron chi connectivity index (χ3n) is 8.82. The third-order valence-corrected chi connectivity index (χ3v) is 10.0. The molecule has 1 heterocycles. The van der Waals surface area contributed by atoms with Gasteiger partial charge in [0.1, 0.15) is 0 Å². The maximum atomic E-state index is 13.8. The molecule has 182 valence electrons. The van der Waals surface area contributed by atoms with Crippen molar-refractivity contribution in [3.05, 3.63) is 73.3 Å². The first kappa shape index (κ1) is 23.6. The fourth-order valence-corrected chi connectivity index (χ4v) is 7.80. The van der Waals surface area contributed by atoms with Gasteiger partial charge in [0.25, 0.3) is 5.91 Å². The molecule has 1 N–H and O–H groups in total. The van der Waals surface area contributed by atoms with Gasteiger partial charge in [0.2, 0.25) is 0 Å². The predicted molar refractivity (Wildman–Crippen MR) is 144 cm³/mol. The van der Waals surface area contributed by atoms with Crippen LogP contribution in [0.25, 0.3) is 11.3 Å². The summed E-state index contributed by atoms with van der Waals surface area (Å²) in [7, 11) is 0. The maximum absolute atomic E-state index is 13.8. The number of rotatable bonds is 4. The first-order valence-corrected chi connectivity index (χ1v) is 13.7. The highest BCUT2D eigenvalue weighted by molar-refractivity contribution is 9.10. The molecule has 1 aromatic heterocycles. The molecule has 3 unspecified atom stereocenters. The van der Waals surface area contributed by atoms with Crippen LogP contribution >= 0.6 is 39.1 Å². The molecule has 2 bridgehead atoms. The van der Waals surface area contributed by atoms with Crippen LogP contribution < -0.4 is 5.32 Å². The monoisotopic (exact) mass is 571 g/mol. The zero-order valence-corrected chi connectivity index (χ0v) is 23.2. The van der Waals surface area contributed by atoms with Crippen LogP contribution in [-0.2, 0) is 13.0 Å². The highest BCUT2D eigenvalue weighted by Gasteiger charge is 2.59. The average molecular weight is 573 g/mol. The maximum Gasteiger partial charge on any atom is 0.272 e. The lowest BCUT2D eigenvalue weighted by Crippen LogP contribution is -2.52. The second-order valence-electron chi connectivity index (χ2n) is 11.4. The molecule has 2 fully saturated rings. The van der Waals surface area contributed by atoms with Crippen LogP contribution in [0.15, 0.2) is 40.9 Å². The van der Waals surface area contributed by atoms with E-state index < -0.39 is 0 Å². The van der Waals surface area contributed by atoms with E-state index in [0.717, 1.165) is 26.9 Å². The van der Waals surface area contributed by atoms with E-state index in [1.807, 2.05) is 22.9 Å². The topological polar surface area (TPSA) is 46.9 Å². The van der Waals surface area contributed by atoms with Crippen molar-refractivity contribution in [1.29, 1.82) is 0 Å². The number of carbonyl (C=O) groups is 1. The Hall–Kier alpha value is -1.82. The largest absolute Gasteiger partial charge is 0.347 e. The lowest BCUT2D eigenvalue weighted by molar-refractivity contribution is 0.0731. The van der Waals surface area contributed by atoms with Gasteiger partial charge in [0.05, 0.1) is 22.3 Å². The van der Waals surface area contributed by atoms with Gasteiger partial charge in [0, 0.05) is 28.1 Å². The zero-order valence-electron chi connectivity index (χ0n) is 20.1. The Morgan fingerprint density at radius 2 is 1.97 bits per heavy atom. The van der Waals surface area contributed by atoms with Crippen molar-refractivity contribution in [3.8, 4) is 11.3 Å². The Kier molecular flexibility index (Phi) is 5.45. The second-order valence-corrected chi connectivity index (χ2v) is 13.1. The highest BCUT2D eigenvalue weighted by atomic mass is 79.9. The molecule has 3 aromatic rings. The lowest BCUT2D eigenvalue weighted by atomic mass is 9.68. The van der Waals surface area contributed by atoms with E-state index in [4.69, 9.17) is 28.3 Å². The van der Waals surface area contributed by atoms with Crippen molar-refractivity contribution in [3.63, 3.8) is 0 Å². The predicted octanol–water partition coefficient (Wildman–Crippen LogP) is 7.52. The van der Waals surface area contributed by atoms with Crippen molar-refractivity contribution in [1.82, 2.24) is 15.1 Å². The Morgan fingerprint density at radius 3 is 2.69 bits per heavy atom. The van der Waals surface area contributed by atoms with Gasteiger partial charge in [-0.25, -0.2) is 0 Å². The van der Waals surface area contributed by atoms with E-state index in [1.165, 1.54) is 24.8 Å². The Balaban J connectivity index is 1.39. The van der Waals surface area contributed by atoms with E-state index >= 15 is 0 Å². The third kappa shape index (κ3) is 3.69. The summed E-state index contributed by atoms with van der Waals surface area (Å²) in [5.74, 6) is 0.602. The van der Waals surface area contributed by atoms with Gasteiger partial charge in [0.15, 0.2) is 5.69 Å². The van der Waals surface area contributed by atoms with Gasteiger partial charge >= 0.3 is 0 Å². The number of benzene rings is 2. The molecule has 1 amide bonds. The van der Waals surface area contributed by atoms with Crippen LogP contribution in [0.4, 0.5) is 0 Å².